The molecule has 0 aliphatic rings. The molecule has 0 heterocycles. The second kappa shape index (κ2) is 14.7. The molecule has 0 aromatic heterocycles. The first-order chi connectivity index (χ1) is 11.9. The van der Waals surface area contributed by atoms with Crippen LogP contribution < -0.4 is 0 Å². The topological polar surface area (TPSA) is 55.4 Å². The van der Waals surface area contributed by atoms with Gasteiger partial charge in [0, 0.05) is 51.5 Å². The largest absolute Gasteiger partial charge is 0.360 e. The predicted octanol–water partition coefficient (Wildman–Crippen LogP) is -0.508. The van der Waals surface area contributed by atoms with Crippen molar-refractivity contribution in [2.24, 2.45) is 0 Å². The quantitative estimate of drug-likeness (QED) is 0.259. The summed E-state index contributed by atoms with van der Waals surface area (Å²) in [4.78, 5) is 0. The average molecular weight is 429 g/mol. The zero-order chi connectivity index (χ0) is 19.4. The van der Waals surface area contributed by atoms with E-state index in [1.54, 1.807) is 42.7 Å². The Morgan fingerprint density at radius 1 is 0.480 bits per heavy atom. The molecule has 0 aliphatic heterocycles. The Morgan fingerprint density at radius 3 is 0.840 bits per heavy atom. The monoisotopic (exact) mass is 428 g/mol. The van der Waals surface area contributed by atoms with Gasteiger partial charge in [0.1, 0.15) is 17.7 Å². The van der Waals surface area contributed by atoms with E-state index in [1.165, 1.54) is 0 Å². The van der Waals surface area contributed by atoms with Gasteiger partial charge in [0.25, 0.3) is 0 Å². The highest BCUT2D eigenvalue weighted by Crippen LogP contribution is 2.31. The molecular weight excluding hydrogens is 389 g/mol. The van der Waals surface area contributed by atoms with Crippen molar-refractivity contribution in [3.8, 4) is 0 Å². The van der Waals surface area contributed by atoms with Gasteiger partial charge < -0.3 is 28.4 Å². The van der Waals surface area contributed by atoms with Crippen LogP contribution in [0.4, 0.5) is 0 Å². The van der Waals surface area contributed by atoms with Crippen molar-refractivity contribution in [1.29, 1.82) is 0 Å². The third-order valence-electron chi connectivity index (χ3n) is 5.24. The molecule has 10 heteroatoms. The van der Waals surface area contributed by atoms with Crippen LogP contribution >= 0.6 is 0 Å². The van der Waals surface area contributed by atoms with Gasteiger partial charge in [0.2, 0.25) is 0 Å². The van der Waals surface area contributed by atoms with Crippen LogP contribution in [-0.4, -0.2) is 97.8 Å². The van der Waals surface area contributed by atoms with Crippen LogP contribution in [-0.2, 0) is 28.4 Å². The van der Waals surface area contributed by atoms with E-state index in [-0.39, 0.29) is 17.7 Å². The summed E-state index contributed by atoms with van der Waals surface area (Å²) in [5.74, 6) is 0.0251. The Kier molecular flexibility index (Phi) is 15.0. The van der Waals surface area contributed by atoms with Crippen LogP contribution in [0.3, 0.4) is 0 Å². The molecule has 0 spiro atoms. The number of hydrogen-bond acceptors (Lipinski definition) is 6. The van der Waals surface area contributed by atoms with Gasteiger partial charge in [-0.3, -0.25) is 0 Å². The Morgan fingerprint density at radius 2 is 0.680 bits per heavy atom. The van der Waals surface area contributed by atoms with E-state index in [0.717, 1.165) is 15.5 Å². The molecule has 0 saturated carbocycles. The van der Waals surface area contributed by atoms with Crippen LogP contribution in [0.2, 0.25) is 15.5 Å². The van der Waals surface area contributed by atoms with Crippen molar-refractivity contribution in [1.82, 2.24) is 0 Å². The number of rotatable bonds is 15. The summed E-state index contributed by atoms with van der Waals surface area (Å²) in [6.07, 6.45) is 0. The van der Waals surface area contributed by atoms with Gasteiger partial charge in [0.05, 0.1) is 28.6 Å². The van der Waals surface area contributed by atoms with Crippen LogP contribution in [0.15, 0.2) is 0 Å². The van der Waals surface area contributed by atoms with E-state index in [2.05, 4.69) is 20.8 Å². The molecule has 0 amide bonds. The zero-order valence-electron chi connectivity index (χ0n) is 17.6. The number of methoxy groups -OCH3 is 6. The summed E-state index contributed by atoms with van der Waals surface area (Å²) in [5, 5.41) is 2.25. The normalized spacial score (nSPS) is 18.7. The third-order valence-corrected chi connectivity index (χ3v) is 21.9. The lowest BCUT2D eigenvalue weighted by atomic mass is 10.9. The van der Waals surface area contributed by atoms with Gasteiger partial charge in [-0.25, -0.2) is 0 Å². The molecule has 0 bridgehead atoms. The predicted molar refractivity (Wildman–Crippen MR) is 114 cm³/mol. The van der Waals surface area contributed by atoms with Gasteiger partial charge in [-0.2, -0.15) is 0 Å². The highest BCUT2D eigenvalue weighted by molar-refractivity contribution is 6.86. The minimum Gasteiger partial charge on any atom is -0.360 e. The zero-order valence-corrected chi connectivity index (χ0v) is 23.0. The molecule has 25 heavy (non-hydrogen) atoms. The molecule has 0 aromatic carbocycles. The first-order valence-corrected chi connectivity index (χ1v) is 15.9. The smallest absolute Gasteiger partial charge is 0.134 e. The Bertz CT molecular complexity index is 269. The maximum atomic E-state index is 5.51. The lowest BCUT2D eigenvalue weighted by Gasteiger charge is -2.36. The summed E-state index contributed by atoms with van der Waals surface area (Å²) in [6, 6.07) is 0. The summed E-state index contributed by atoms with van der Waals surface area (Å²) >= 11 is 0. The molecule has 6 nitrogen and oxygen atoms in total. The summed E-state index contributed by atoms with van der Waals surface area (Å²) in [7, 11) is 7.99. The molecule has 3 atom stereocenters. The van der Waals surface area contributed by atoms with Crippen molar-refractivity contribution in [2.45, 2.75) is 54.0 Å². The molecule has 0 saturated heterocycles. The van der Waals surface area contributed by atoms with E-state index in [4.69, 9.17) is 28.4 Å². The second-order valence-electron chi connectivity index (χ2n) is 6.92. The van der Waals surface area contributed by atoms with E-state index in [0.29, 0.717) is 0 Å². The van der Waals surface area contributed by atoms with E-state index < -0.39 is 37.4 Å². The van der Waals surface area contributed by atoms with Gasteiger partial charge in [-0.1, -0.05) is 36.3 Å². The van der Waals surface area contributed by atoms with Gasteiger partial charge in [-0.15, -0.1) is 0 Å². The third kappa shape index (κ3) is 9.40. The number of hydrogen-bond donors (Lipinski definition) is 0. The molecule has 0 N–H and O–H groups in total. The van der Waals surface area contributed by atoms with E-state index >= 15 is 0 Å². The summed E-state index contributed by atoms with van der Waals surface area (Å²) in [6.45, 7) is 7.27. The van der Waals surface area contributed by atoms with Crippen LogP contribution in [0.5, 0.6) is 0 Å². The molecule has 0 fully saturated rings. The molecule has 0 aliphatic carbocycles. The van der Waals surface area contributed by atoms with Crippen LogP contribution in [0.1, 0.15) is 20.8 Å². The molecular formula is C15H40O6Si4. The van der Waals surface area contributed by atoms with Gasteiger partial charge >= 0.3 is 0 Å². The van der Waals surface area contributed by atoms with Crippen molar-refractivity contribution >= 4 is 37.4 Å². The SMILES string of the molecule is COC(OC)[SiH2]C(C)[SiH](C(C)[SiH2]C(OC)OC)C(C)[SiH2]C(OC)OC. The standard InChI is InChI=1S/C15H40O6Si4/c1-10(22-13(16-4)17-5)25(11(2)23-14(18-6)19-7)12(3)24-15(20-8)21-9/h10-15,25H,22-24H2,1-9H3. The fourth-order valence-corrected chi connectivity index (χ4v) is 27.9. The first kappa shape index (κ1) is 25.6. The summed E-state index contributed by atoms with van der Waals surface area (Å²) in [5.41, 5.74) is 0. The van der Waals surface area contributed by atoms with Crippen LogP contribution in [0.25, 0.3) is 0 Å². The lowest BCUT2D eigenvalue weighted by Crippen LogP contribution is -2.44. The molecule has 152 valence electrons. The first-order valence-electron chi connectivity index (χ1n) is 9.05. The number of ether oxygens (including phenoxy) is 6. The molecule has 3 unspecified atom stereocenters. The van der Waals surface area contributed by atoms with Gasteiger partial charge in [0.15, 0.2) is 0 Å². The van der Waals surface area contributed by atoms with Crippen molar-refractivity contribution in [3.63, 3.8) is 0 Å². The van der Waals surface area contributed by atoms with Crippen molar-refractivity contribution < 1.29 is 28.4 Å². The maximum absolute atomic E-state index is 5.51. The molecule has 0 aromatic rings. The maximum Gasteiger partial charge on any atom is 0.134 e. The molecule has 0 radical (unpaired) electrons. The van der Waals surface area contributed by atoms with Crippen LogP contribution in [0, 0.1) is 0 Å². The lowest BCUT2D eigenvalue weighted by molar-refractivity contribution is -0.0446. The Labute approximate surface area is 162 Å². The van der Waals surface area contributed by atoms with Gasteiger partial charge in [-0.05, 0) is 0 Å². The van der Waals surface area contributed by atoms with E-state index in [9.17, 15) is 0 Å². The molecule has 0 rings (SSSR count). The van der Waals surface area contributed by atoms with Crippen molar-refractivity contribution in [3.05, 3.63) is 0 Å². The summed E-state index contributed by atoms with van der Waals surface area (Å²) < 4.78 is 33.1. The highest BCUT2D eigenvalue weighted by Gasteiger charge is 2.35. The van der Waals surface area contributed by atoms with Crippen molar-refractivity contribution in [2.75, 3.05) is 42.7 Å². The Balaban J connectivity index is 5.18. The minimum atomic E-state index is -1.06. The minimum absolute atomic E-state index is 0.00836. The fourth-order valence-electron chi connectivity index (χ4n) is 3.93. The average Bonchev–Trinajstić information content (AvgIpc) is 2.61. The second-order valence-corrected chi connectivity index (χ2v) is 21.6. The Hall–Kier alpha value is 0.628. The fraction of sp³-hybridized carbons (Fsp3) is 1.00. The van der Waals surface area contributed by atoms with E-state index in [1.807, 2.05) is 0 Å². The highest BCUT2D eigenvalue weighted by atomic mass is 28.4.